The van der Waals surface area contributed by atoms with E-state index >= 15 is 0 Å². The molecule has 0 spiro atoms. The molecule has 2 aliphatic rings. The molecule has 1 unspecified atom stereocenters. The highest BCUT2D eigenvalue weighted by Crippen LogP contribution is 2.30. The second-order valence-electron chi connectivity index (χ2n) is 7.38. The monoisotopic (exact) mass is 294 g/mol. The van der Waals surface area contributed by atoms with E-state index < -0.39 is 0 Å². The van der Waals surface area contributed by atoms with Crippen molar-refractivity contribution in [1.82, 2.24) is 9.80 Å². The summed E-state index contributed by atoms with van der Waals surface area (Å²) in [5.74, 6) is 0.346. The Labute approximate surface area is 128 Å². The normalized spacial score (nSPS) is 25.8. The number of hydrogen-bond donors (Lipinski definition) is 0. The van der Waals surface area contributed by atoms with Gasteiger partial charge in [0.1, 0.15) is 6.04 Å². The molecule has 1 atom stereocenters. The molecular formula is C17H30N2O2. The standard InChI is InChI=1S/C17H30N2O2/c1-4-8-15(20)19-12-6-5-9-14(19)16(21)18-11-7-10-17(2,3)13-18/h14H,4-13H2,1-3H3. The summed E-state index contributed by atoms with van der Waals surface area (Å²) in [6.45, 7) is 8.92. The third kappa shape index (κ3) is 3.98. The van der Waals surface area contributed by atoms with Crippen LogP contribution in [-0.2, 0) is 9.59 Å². The first-order valence-electron chi connectivity index (χ1n) is 8.53. The van der Waals surface area contributed by atoms with E-state index in [4.69, 9.17) is 0 Å². The van der Waals surface area contributed by atoms with Gasteiger partial charge in [0.15, 0.2) is 0 Å². The molecule has 4 nitrogen and oxygen atoms in total. The minimum atomic E-state index is -0.202. The molecule has 0 aromatic heterocycles. The lowest BCUT2D eigenvalue weighted by molar-refractivity contribution is -0.149. The van der Waals surface area contributed by atoms with Crippen molar-refractivity contribution in [3.63, 3.8) is 0 Å². The zero-order valence-corrected chi connectivity index (χ0v) is 13.9. The molecular weight excluding hydrogens is 264 g/mol. The topological polar surface area (TPSA) is 40.6 Å². The Morgan fingerprint density at radius 1 is 1.14 bits per heavy atom. The first kappa shape index (κ1) is 16.3. The Morgan fingerprint density at radius 3 is 2.57 bits per heavy atom. The van der Waals surface area contributed by atoms with Gasteiger partial charge in [-0.05, 0) is 43.9 Å². The predicted molar refractivity (Wildman–Crippen MR) is 83.9 cm³/mol. The fourth-order valence-corrected chi connectivity index (χ4v) is 3.67. The molecule has 2 aliphatic heterocycles. The van der Waals surface area contributed by atoms with Crippen LogP contribution in [0, 0.1) is 5.41 Å². The Kier molecular flexibility index (Phi) is 5.28. The molecule has 2 fully saturated rings. The van der Waals surface area contributed by atoms with Crippen molar-refractivity contribution in [2.24, 2.45) is 5.41 Å². The van der Waals surface area contributed by atoms with E-state index in [0.29, 0.717) is 6.42 Å². The molecule has 21 heavy (non-hydrogen) atoms. The van der Waals surface area contributed by atoms with Gasteiger partial charge in [0, 0.05) is 26.1 Å². The lowest BCUT2D eigenvalue weighted by atomic mass is 9.83. The van der Waals surface area contributed by atoms with E-state index in [1.54, 1.807) is 0 Å². The Hall–Kier alpha value is -1.06. The summed E-state index contributed by atoms with van der Waals surface area (Å²) in [6, 6.07) is -0.202. The Bertz CT molecular complexity index is 392. The van der Waals surface area contributed by atoms with Crippen molar-refractivity contribution in [1.29, 1.82) is 0 Å². The highest BCUT2D eigenvalue weighted by Gasteiger charge is 2.37. The summed E-state index contributed by atoms with van der Waals surface area (Å²) >= 11 is 0. The second-order valence-corrected chi connectivity index (χ2v) is 7.38. The highest BCUT2D eigenvalue weighted by molar-refractivity contribution is 5.88. The van der Waals surface area contributed by atoms with Crippen molar-refractivity contribution < 1.29 is 9.59 Å². The number of amides is 2. The van der Waals surface area contributed by atoms with Crippen LogP contribution in [0.25, 0.3) is 0 Å². The first-order chi connectivity index (χ1) is 9.94. The third-order valence-corrected chi connectivity index (χ3v) is 4.78. The number of carbonyl (C=O) groups excluding carboxylic acids is 2. The van der Waals surface area contributed by atoms with Crippen molar-refractivity contribution in [3.8, 4) is 0 Å². The van der Waals surface area contributed by atoms with Gasteiger partial charge in [0.25, 0.3) is 0 Å². The van der Waals surface area contributed by atoms with Gasteiger partial charge in [-0.2, -0.15) is 0 Å². The summed E-state index contributed by atoms with van der Waals surface area (Å²) in [5.41, 5.74) is 0.209. The van der Waals surface area contributed by atoms with E-state index in [2.05, 4.69) is 13.8 Å². The Morgan fingerprint density at radius 2 is 1.90 bits per heavy atom. The van der Waals surface area contributed by atoms with Crippen LogP contribution in [0.1, 0.15) is 65.7 Å². The molecule has 0 aromatic carbocycles. The number of hydrogen-bond acceptors (Lipinski definition) is 2. The van der Waals surface area contributed by atoms with Crippen molar-refractivity contribution in [3.05, 3.63) is 0 Å². The van der Waals surface area contributed by atoms with Crippen LogP contribution < -0.4 is 0 Å². The second kappa shape index (κ2) is 6.80. The summed E-state index contributed by atoms with van der Waals surface area (Å²) in [4.78, 5) is 29.0. The average molecular weight is 294 g/mol. The van der Waals surface area contributed by atoms with E-state index in [1.165, 1.54) is 6.42 Å². The molecule has 0 aromatic rings. The Balaban J connectivity index is 2.06. The maximum atomic E-state index is 12.9. The number of rotatable bonds is 3. The van der Waals surface area contributed by atoms with E-state index in [0.717, 1.165) is 51.7 Å². The summed E-state index contributed by atoms with van der Waals surface area (Å²) in [5, 5.41) is 0. The van der Waals surface area contributed by atoms with Gasteiger partial charge in [-0.3, -0.25) is 9.59 Å². The van der Waals surface area contributed by atoms with Gasteiger partial charge in [-0.1, -0.05) is 20.8 Å². The largest absolute Gasteiger partial charge is 0.340 e. The molecule has 0 bridgehead atoms. The van der Waals surface area contributed by atoms with Crippen LogP contribution in [0.3, 0.4) is 0 Å². The number of piperidine rings is 2. The molecule has 2 amide bonds. The fourth-order valence-electron chi connectivity index (χ4n) is 3.67. The first-order valence-corrected chi connectivity index (χ1v) is 8.53. The third-order valence-electron chi connectivity index (χ3n) is 4.78. The molecule has 120 valence electrons. The number of carbonyl (C=O) groups is 2. The van der Waals surface area contributed by atoms with Gasteiger partial charge >= 0.3 is 0 Å². The fraction of sp³-hybridized carbons (Fsp3) is 0.882. The summed E-state index contributed by atoms with van der Waals surface area (Å²) < 4.78 is 0. The molecule has 0 radical (unpaired) electrons. The van der Waals surface area contributed by atoms with Gasteiger partial charge in [0.2, 0.25) is 11.8 Å². The van der Waals surface area contributed by atoms with Crippen LogP contribution in [0.15, 0.2) is 0 Å². The van der Waals surface area contributed by atoms with E-state index in [-0.39, 0.29) is 23.3 Å². The lowest BCUT2D eigenvalue weighted by Crippen LogP contribution is -2.55. The smallest absolute Gasteiger partial charge is 0.245 e. The van der Waals surface area contributed by atoms with Crippen molar-refractivity contribution >= 4 is 11.8 Å². The molecule has 4 heteroatoms. The van der Waals surface area contributed by atoms with Gasteiger partial charge in [-0.25, -0.2) is 0 Å². The molecule has 2 saturated heterocycles. The lowest BCUT2D eigenvalue weighted by Gasteiger charge is -2.42. The molecule has 0 saturated carbocycles. The molecule has 0 N–H and O–H groups in total. The number of nitrogens with zero attached hydrogens (tertiary/aromatic N) is 2. The van der Waals surface area contributed by atoms with Crippen molar-refractivity contribution in [2.75, 3.05) is 19.6 Å². The maximum absolute atomic E-state index is 12.9. The molecule has 2 rings (SSSR count). The zero-order chi connectivity index (χ0) is 15.5. The minimum Gasteiger partial charge on any atom is -0.340 e. The summed E-state index contributed by atoms with van der Waals surface area (Å²) in [6.07, 6.45) is 6.61. The van der Waals surface area contributed by atoms with E-state index in [9.17, 15) is 9.59 Å². The SMILES string of the molecule is CCCC(=O)N1CCCCC1C(=O)N1CCCC(C)(C)C1. The zero-order valence-electron chi connectivity index (χ0n) is 13.9. The maximum Gasteiger partial charge on any atom is 0.245 e. The highest BCUT2D eigenvalue weighted by atomic mass is 16.2. The number of likely N-dealkylation sites (tertiary alicyclic amines) is 2. The van der Waals surface area contributed by atoms with Gasteiger partial charge in [0.05, 0.1) is 0 Å². The minimum absolute atomic E-state index is 0.159. The quantitative estimate of drug-likeness (QED) is 0.803. The van der Waals surface area contributed by atoms with Gasteiger partial charge < -0.3 is 9.80 Å². The predicted octanol–water partition coefficient (Wildman–Crippen LogP) is 2.82. The average Bonchev–Trinajstić information content (AvgIpc) is 2.45. The van der Waals surface area contributed by atoms with Gasteiger partial charge in [-0.15, -0.1) is 0 Å². The molecule has 2 heterocycles. The summed E-state index contributed by atoms with van der Waals surface area (Å²) in [7, 11) is 0. The van der Waals surface area contributed by atoms with Crippen LogP contribution in [-0.4, -0.2) is 47.3 Å². The van der Waals surface area contributed by atoms with Crippen LogP contribution >= 0.6 is 0 Å². The van der Waals surface area contributed by atoms with Crippen LogP contribution in [0.5, 0.6) is 0 Å². The van der Waals surface area contributed by atoms with Crippen LogP contribution in [0.4, 0.5) is 0 Å². The van der Waals surface area contributed by atoms with E-state index in [1.807, 2.05) is 16.7 Å². The molecule has 0 aliphatic carbocycles. The van der Waals surface area contributed by atoms with Crippen molar-refractivity contribution in [2.45, 2.75) is 71.8 Å². The van der Waals surface area contributed by atoms with Crippen LogP contribution in [0.2, 0.25) is 0 Å².